The molecule has 1 aromatic carbocycles. The molecule has 105 heavy (non-hydrogen) atoms. The molecule has 3 aliphatic rings. The number of aliphatic carboxylic acids is 1. The van der Waals surface area contributed by atoms with Crippen molar-refractivity contribution >= 4 is 84.9 Å². The molecular weight excluding hydrogens is 1410 g/mol. The number of alkyl halides is 1. The van der Waals surface area contributed by atoms with E-state index in [1.807, 2.05) is 65.8 Å². The van der Waals surface area contributed by atoms with Crippen molar-refractivity contribution in [2.45, 2.75) is 280 Å². The van der Waals surface area contributed by atoms with E-state index in [4.69, 9.17) is 57.3 Å². The summed E-state index contributed by atoms with van der Waals surface area (Å²) in [5, 5.41) is 20.9. The van der Waals surface area contributed by atoms with Crippen LogP contribution in [0.2, 0.25) is 41.3 Å². The number of nitrogens with zero attached hydrogens (tertiary/aromatic N) is 1. The lowest BCUT2D eigenvalue weighted by Gasteiger charge is -2.41. The highest BCUT2D eigenvalue weighted by atomic mass is 28.4. The molecule has 3 saturated heterocycles. The number of carbonyl (C=O) groups excluding carboxylic acids is 8. The molecule has 26 nitrogen and oxygen atoms in total. The summed E-state index contributed by atoms with van der Waals surface area (Å²) in [6.45, 7) is 65.3. The van der Waals surface area contributed by atoms with E-state index >= 15 is 0 Å². The summed E-state index contributed by atoms with van der Waals surface area (Å²) in [5.74, 6) is -4.14. The Bertz CT molecular complexity index is 2840. The van der Waals surface area contributed by atoms with Gasteiger partial charge in [0.05, 0.1) is 51.8 Å². The van der Waals surface area contributed by atoms with E-state index < -0.39 is 121 Å². The van der Waals surface area contributed by atoms with Crippen LogP contribution in [-0.4, -0.2) is 210 Å². The topological polar surface area (TPSA) is 327 Å². The Morgan fingerprint density at radius 2 is 1.00 bits per heavy atom. The molecule has 3 aliphatic heterocycles. The summed E-state index contributed by atoms with van der Waals surface area (Å²) in [6, 6.07) is 8.36. The summed E-state index contributed by atoms with van der Waals surface area (Å²) in [6.07, 6.45) is 0.782. The van der Waals surface area contributed by atoms with Crippen LogP contribution < -0.4 is 26.5 Å². The lowest BCUT2D eigenvalue weighted by atomic mass is 9.95. The number of carboxylic acid groups (broad SMARTS) is 1. The van der Waals surface area contributed by atoms with Crippen LogP contribution in [0.1, 0.15) is 193 Å². The second kappa shape index (κ2) is 45.1. The molecule has 9 atom stereocenters. The summed E-state index contributed by atoms with van der Waals surface area (Å²) in [4.78, 5) is 106. The summed E-state index contributed by atoms with van der Waals surface area (Å²) in [7, 11) is -5.96. The van der Waals surface area contributed by atoms with Crippen molar-refractivity contribution in [3.05, 3.63) is 43.0 Å². The molecule has 0 aromatic heterocycles. The average Bonchev–Trinajstić information content (AvgIpc) is 0.774. The third-order valence-corrected chi connectivity index (χ3v) is 30.8. The normalized spacial score (nSPS) is 20.0. The van der Waals surface area contributed by atoms with Gasteiger partial charge in [0.15, 0.2) is 16.6 Å². The highest BCUT2D eigenvalue weighted by molar-refractivity contribution is 6.83. The van der Waals surface area contributed by atoms with E-state index in [2.05, 4.69) is 154 Å². The first-order valence-corrected chi connectivity index (χ1v) is 43.8. The average molecular weight is 1550 g/mol. The number of cyclic esters (lactones) is 3. The maximum absolute atomic E-state index is 12.8. The fraction of sp³-hybridized carbons (Fsp3) is 0.773. The first-order valence-electron chi connectivity index (χ1n) is 36.8. The van der Waals surface area contributed by atoms with Crippen LogP contribution in [-0.2, 0) is 74.8 Å². The number of halogens is 1. The minimum Gasteiger partial charge on any atom is -0.481 e. The summed E-state index contributed by atoms with van der Waals surface area (Å²) < 4.78 is 76.7. The molecular formula is C75H138FN5O21Si3. The zero-order valence-electron chi connectivity index (χ0n) is 70.2. The molecule has 0 spiro atoms. The molecule has 4 rings (SSSR count). The molecule has 4 amide bonds. The largest absolute Gasteiger partial charge is 0.481 e. The molecule has 608 valence electrons. The number of nitrogens with one attached hydrogen (secondary N) is 4. The molecule has 1 unspecified atom stereocenters. The standard InChI is InChI=1S/C29H53NO5Si2.C17H33NO5Si.C11H17NO6.C11H17NO5.C6H15N.CH3F/c1-14-23(22-34-36(12,13)28(5,6)7)25(30-26(31)35-27(2,3)4)20-21-33-37(32-11,29(8,9)10)24-18-16-15-17-19-24;1-16(2,3)23-15(20)18-13-11-21-14(19)9-12(13)10-22-24(7,8)17(4,5)6;1-11(2,3)18-10(16)12-7-5-17-8(13)4-6(7)9(14)15;1-11(2,3)17-10(15)12-8-6-16-9(14)4-7(8)5-13;1-4-7(5-2)6-3;1-2/h14-19,23,25H,1,20-22H2,2-13H3,(H,30,31);12-13H,9-11H2,1-8H3,(H,18,20);6-7H,4-5H2,1-3H3,(H,12,16)(H,14,15);5,7-8H,4,6H2,1-3H3,(H,12,15);4-6H2,1-3H3;1H3/t23-,25+,37?;12-,13+;6-,7-;7-,8+;;/m0010../s1/i;;;;;1D. The van der Waals surface area contributed by atoms with Gasteiger partial charge in [-0.15, -0.1) is 6.58 Å². The molecule has 0 aliphatic carbocycles. The Hall–Kier alpha value is -6.03. The van der Waals surface area contributed by atoms with Gasteiger partial charge in [0.1, 0.15) is 48.5 Å². The van der Waals surface area contributed by atoms with E-state index in [-0.39, 0.29) is 84.1 Å². The van der Waals surface area contributed by atoms with Gasteiger partial charge in [-0.3, -0.25) is 23.6 Å². The van der Waals surface area contributed by atoms with Gasteiger partial charge in [-0.25, -0.2) is 19.2 Å². The van der Waals surface area contributed by atoms with Crippen molar-refractivity contribution in [2.24, 2.45) is 23.7 Å². The molecule has 0 bridgehead atoms. The van der Waals surface area contributed by atoms with Gasteiger partial charge in [-0.1, -0.05) is 119 Å². The highest BCUT2D eigenvalue weighted by Gasteiger charge is 2.51. The Balaban J connectivity index is 0. The maximum atomic E-state index is 12.8. The summed E-state index contributed by atoms with van der Waals surface area (Å²) >= 11 is 0. The van der Waals surface area contributed by atoms with Gasteiger partial charge in [-0.05, 0) is 151 Å². The van der Waals surface area contributed by atoms with Gasteiger partial charge in [0, 0.05) is 55.8 Å². The van der Waals surface area contributed by atoms with Crippen molar-refractivity contribution < 1.29 is 105 Å². The van der Waals surface area contributed by atoms with E-state index in [0.29, 0.717) is 32.5 Å². The van der Waals surface area contributed by atoms with E-state index in [1.165, 1.54) is 19.6 Å². The van der Waals surface area contributed by atoms with Gasteiger partial charge >= 0.3 is 56.8 Å². The summed E-state index contributed by atoms with van der Waals surface area (Å²) in [5.41, 5.74) is -2.44. The number of rotatable bonds is 23. The fourth-order valence-electron chi connectivity index (χ4n) is 9.65. The number of benzene rings is 1. The Morgan fingerprint density at radius 3 is 1.38 bits per heavy atom. The zero-order chi connectivity index (χ0) is 82.8. The van der Waals surface area contributed by atoms with E-state index in [1.54, 1.807) is 48.7 Å². The third-order valence-electron chi connectivity index (χ3n) is 17.6. The number of amides is 4. The molecule has 30 heteroatoms. The Morgan fingerprint density at radius 1 is 0.610 bits per heavy atom. The van der Waals surface area contributed by atoms with Crippen molar-refractivity contribution in [1.29, 1.82) is 0 Å². The van der Waals surface area contributed by atoms with Crippen LogP contribution in [0.5, 0.6) is 0 Å². The van der Waals surface area contributed by atoms with Gasteiger partial charge in [0.2, 0.25) is 0 Å². The zero-order valence-corrected chi connectivity index (χ0v) is 72.2. The predicted molar refractivity (Wildman–Crippen MR) is 413 cm³/mol. The van der Waals surface area contributed by atoms with Gasteiger partial charge in [-0.2, -0.15) is 0 Å². The SMILES string of the molecule is C=C[C@@H](CO[Si](C)(C)C(C)(C)C)[C@@H](CCO[Si](OC)(c1ccccc1)C(C)(C)C)NC(=O)OC(C)(C)C.CC(C)(C)OC(=O)N[C@@H]1COC(=O)C[C@H]1C(=O)O.CC(C)(C)OC(=O)N[C@@H]1COC(=O)C[C@H]1C=O.CC(C)(C)OC(=O)N[C@@H]1COC(=O)C[C@H]1CO[Si](C)(C)C(C)(C)C.CCN(CC)CC.[2H]CF. The first-order chi connectivity index (χ1) is 48.3. The third kappa shape index (κ3) is 40.1. The minimum absolute atomic E-state index is 0.00147. The fourth-order valence-corrected chi connectivity index (χ4v) is 15.2. The van der Waals surface area contributed by atoms with Crippen molar-refractivity contribution in [2.75, 3.05) is 73.5 Å². The number of alkyl carbamates (subject to hydrolysis) is 4. The van der Waals surface area contributed by atoms with Crippen LogP contribution in [0.4, 0.5) is 23.6 Å². The minimum atomic E-state index is -2.80. The first kappa shape index (κ1) is 99.0. The van der Waals surface area contributed by atoms with Crippen molar-refractivity contribution in [3.8, 4) is 0 Å². The van der Waals surface area contributed by atoms with Crippen LogP contribution >= 0.6 is 0 Å². The van der Waals surface area contributed by atoms with Crippen LogP contribution in [0.25, 0.3) is 0 Å². The molecule has 0 radical (unpaired) electrons. The second-order valence-corrected chi connectivity index (χ2v) is 47.5. The number of carboxylic acids is 1. The second-order valence-electron chi connectivity index (χ2n) is 33.9. The Labute approximate surface area is 633 Å². The smallest absolute Gasteiger partial charge is 0.408 e. The Kier molecular flexibility index (Phi) is 42.5. The number of esters is 3. The van der Waals surface area contributed by atoms with Gasteiger partial charge in [0.25, 0.3) is 0 Å². The molecule has 1 aromatic rings. The number of ether oxygens (including phenoxy) is 7. The van der Waals surface area contributed by atoms with Crippen molar-refractivity contribution in [1.82, 2.24) is 26.2 Å². The van der Waals surface area contributed by atoms with Crippen LogP contribution in [0.15, 0.2) is 43.0 Å². The lowest BCUT2D eigenvalue weighted by molar-refractivity contribution is -0.160. The molecule has 3 fully saturated rings. The monoisotopic (exact) mass is 1550 g/mol. The number of hydrogen-bond acceptors (Lipinski definition) is 21. The number of hydrogen-bond donors (Lipinski definition) is 5. The van der Waals surface area contributed by atoms with Crippen LogP contribution in [0, 0.1) is 23.7 Å². The lowest BCUT2D eigenvalue weighted by Crippen LogP contribution is -2.60. The van der Waals surface area contributed by atoms with E-state index in [0.717, 1.165) is 5.19 Å². The number of carbonyl (C=O) groups is 9. The van der Waals surface area contributed by atoms with Gasteiger partial charge < -0.3 is 86.9 Å². The van der Waals surface area contributed by atoms with Crippen molar-refractivity contribution in [3.63, 3.8) is 0 Å². The quantitative estimate of drug-likeness (QED) is 0.0223. The predicted octanol–water partition coefficient (Wildman–Crippen LogP) is 13.5. The molecule has 5 N–H and O–H groups in total. The van der Waals surface area contributed by atoms with Crippen LogP contribution in [0.3, 0.4) is 0 Å². The molecule has 0 saturated carbocycles. The molecule has 3 heterocycles. The maximum Gasteiger partial charge on any atom is 0.408 e. The van der Waals surface area contributed by atoms with E-state index in [9.17, 15) is 47.5 Å². The highest BCUT2D eigenvalue weighted by Crippen LogP contribution is 2.40. The number of aldehydes is 1.